The zero-order valence-electron chi connectivity index (χ0n) is 14.6. The van der Waals surface area contributed by atoms with Gasteiger partial charge in [0.1, 0.15) is 9.88 Å². The van der Waals surface area contributed by atoms with Gasteiger partial charge in [-0.3, -0.25) is 4.79 Å². The number of amides is 1. The third-order valence-corrected chi connectivity index (χ3v) is 7.35. The number of aromatic nitrogens is 1. The number of aryl methyl sites for hydroxylation is 1. The number of rotatable bonds is 4. The first-order valence-electron chi connectivity index (χ1n) is 9.05. The van der Waals surface area contributed by atoms with Gasteiger partial charge in [0.05, 0.1) is 5.69 Å². The minimum absolute atomic E-state index is 0.0190. The summed E-state index contributed by atoms with van der Waals surface area (Å²) in [5, 5.41) is 4.82. The highest BCUT2D eigenvalue weighted by Crippen LogP contribution is 2.49. The Bertz CT molecular complexity index is 785. The van der Waals surface area contributed by atoms with Crippen LogP contribution in [-0.2, 0) is 0 Å². The molecule has 3 nitrogen and oxygen atoms in total. The highest BCUT2D eigenvalue weighted by Gasteiger charge is 2.42. The average Bonchev–Trinajstić information content (AvgIpc) is 3.30. The van der Waals surface area contributed by atoms with Crippen molar-refractivity contribution < 1.29 is 4.79 Å². The number of carbonyl (C=O) groups excluding carboxylic acids is 1. The van der Waals surface area contributed by atoms with Gasteiger partial charge >= 0.3 is 0 Å². The topological polar surface area (TPSA) is 42.0 Å². The van der Waals surface area contributed by atoms with Crippen LogP contribution in [0.25, 0.3) is 10.6 Å². The summed E-state index contributed by atoms with van der Waals surface area (Å²) in [6.07, 6.45) is 5.38. The van der Waals surface area contributed by atoms with Gasteiger partial charge in [0.2, 0.25) is 0 Å². The van der Waals surface area contributed by atoms with E-state index in [-0.39, 0.29) is 11.9 Å². The standard InChI is InChI=1S/C20H23ClN2OS/c1-11(17-10-13-3-4-15(17)9-13)22-19(24)18-12(2)23-20(25-18)14-5-7-16(21)8-6-14/h5-8,11,13,15,17H,3-4,9-10H2,1-2H3,(H,22,24). The van der Waals surface area contributed by atoms with Crippen LogP contribution in [0.2, 0.25) is 5.02 Å². The molecule has 1 N–H and O–H groups in total. The predicted octanol–water partition coefficient (Wildman–Crippen LogP) is 5.33. The SMILES string of the molecule is Cc1nc(-c2ccc(Cl)cc2)sc1C(=O)NC(C)C1CC2CCC1C2. The van der Waals surface area contributed by atoms with Gasteiger partial charge in [0.15, 0.2) is 0 Å². The number of hydrogen-bond donors (Lipinski definition) is 1. The molecule has 4 rings (SSSR count). The Labute approximate surface area is 157 Å². The molecule has 0 spiro atoms. The van der Waals surface area contributed by atoms with Crippen LogP contribution in [0.5, 0.6) is 0 Å². The number of carbonyl (C=O) groups is 1. The Morgan fingerprint density at radius 1 is 1.28 bits per heavy atom. The van der Waals surface area contributed by atoms with Crippen molar-refractivity contribution in [3.63, 3.8) is 0 Å². The number of nitrogens with zero attached hydrogens (tertiary/aromatic N) is 1. The maximum atomic E-state index is 12.8. The zero-order chi connectivity index (χ0) is 17.6. The summed E-state index contributed by atoms with van der Waals surface area (Å²) in [5.41, 5.74) is 1.80. The monoisotopic (exact) mass is 374 g/mol. The molecule has 25 heavy (non-hydrogen) atoms. The van der Waals surface area contributed by atoms with Crippen molar-refractivity contribution in [2.24, 2.45) is 17.8 Å². The van der Waals surface area contributed by atoms with Gasteiger partial charge < -0.3 is 5.32 Å². The minimum atomic E-state index is 0.0190. The van der Waals surface area contributed by atoms with E-state index >= 15 is 0 Å². The van der Waals surface area contributed by atoms with E-state index in [0.29, 0.717) is 10.9 Å². The van der Waals surface area contributed by atoms with Gasteiger partial charge in [-0.15, -0.1) is 11.3 Å². The number of halogens is 1. The van der Waals surface area contributed by atoms with E-state index in [9.17, 15) is 4.79 Å². The maximum Gasteiger partial charge on any atom is 0.263 e. The Kier molecular flexibility index (Phi) is 4.59. The van der Waals surface area contributed by atoms with Crippen molar-refractivity contribution in [1.82, 2.24) is 10.3 Å². The molecule has 0 radical (unpaired) electrons. The van der Waals surface area contributed by atoms with Crippen molar-refractivity contribution >= 4 is 28.8 Å². The molecule has 4 atom stereocenters. The molecule has 2 aliphatic carbocycles. The van der Waals surface area contributed by atoms with Gasteiger partial charge in [-0.1, -0.05) is 30.2 Å². The first-order valence-corrected chi connectivity index (χ1v) is 10.2. The number of nitrogens with one attached hydrogen (secondary N) is 1. The lowest BCUT2D eigenvalue weighted by Gasteiger charge is -2.28. The molecule has 2 saturated carbocycles. The second-order valence-electron chi connectivity index (χ2n) is 7.54. The molecule has 1 aromatic heterocycles. The highest BCUT2D eigenvalue weighted by atomic mass is 35.5. The van der Waals surface area contributed by atoms with Crippen molar-refractivity contribution in [2.75, 3.05) is 0 Å². The van der Waals surface area contributed by atoms with Crippen LogP contribution in [0.3, 0.4) is 0 Å². The molecule has 132 valence electrons. The van der Waals surface area contributed by atoms with Gasteiger partial charge in [-0.25, -0.2) is 4.98 Å². The third-order valence-electron chi connectivity index (χ3n) is 5.89. The Morgan fingerprint density at radius 2 is 2.04 bits per heavy atom. The number of hydrogen-bond acceptors (Lipinski definition) is 3. The largest absolute Gasteiger partial charge is 0.349 e. The van der Waals surface area contributed by atoms with Crippen LogP contribution in [0, 0.1) is 24.7 Å². The summed E-state index contributed by atoms with van der Waals surface area (Å²) in [5.74, 6) is 2.38. The second-order valence-corrected chi connectivity index (χ2v) is 8.98. The summed E-state index contributed by atoms with van der Waals surface area (Å²) in [4.78, 5) is 18.1. The molecule has 5 heteroatoms. The van der Waals surface area contributed by atoms with Crippen LogP contribution < -0.4 is 5.32 Å². The normalized spacial score (nSPS) is 26.0. The van der Waals surface area contributed by atoms with E-state index in [1.807, 2.05) is 31.2 Å². The molecule has 1 amide bonds. The van der Waals surface area contributed by atoms with Gasteiger partial charge in [0, 0.05) is 16.6 Å². The molecule has 0 aliphatic heterocycles. The molecular weight excluding hydrogens is 352 g/mol. The minimum Gasteiger partial charge on any atom is -0.349 e. The third kappa shape index (κ3) is 3.34. The number of fused-ring (bicyclic) bond motifs is 2. The number of benzene rings is 1. The Morgan fingerprint density at radius 3 is 2.68 bits per heavy atom. The van der Waals surface area contributed by atoms with Crippen LogP contribution in [-0.4, -0.2) is 16.9 Å². The molecule has 4 unspecified atom stereocenters. The van der Waals surface area contributed by atoms with E-state index in [1.54, 1.807) is 0 Å². The zero-order valence-corrected chi connectivity index (χ0v) is 16.2. The van der Waals surface area contributed by atoms with Crippen molar-refractivity contribution in [3.05, 3.63) is 39.9 Å². The van der Waals surface area contributed by atoms with E-state index in [0.717, 1.165) is 33.0 Å². The molecule has 2 bridgehead atoms. The fourth-order valence-electron chi connectivity index (χ4n) is 4.61. The van der Waals surface area contributed by atoms with Crippen molar-refractivity contribution in [1.29, 1.82) is 0 Å². The average molecular weight is 375 g/mol. The highest BCUT2D eigenvalue weighted by molar-refractivity contribution is 7.17. The summed E-state index contributed by atoms with van der Waals surface area (Å²) in [7, 11) is 0. The van der Waals surface area contributed by atoms with Crippen LogP contribution in [0.4, 0.5) is 0 Å². The fraction of sp³-hybridized carbons (Fsp3) is 0.500. The fourth-order valence-corrected chi connectivity index (χ4v) is 5.71. The molecular formula is C20H23ClN2OS. The summed E-state index contributed by atoms with van der Waals surface area (Å²) in [6, 6.07) is 7.83. The van der Waals surface area contributed by atoms with Crippen molar-refractivity contribution in [2.45, 2.75) is 45.6 Å². The molecule has 1 aromatic carbocycles. The summed E-state index contributed by atoms with van der Waals surface area (Å²) < 4.78 is 0. The lowest BCUT2D eigenvalue weighted by molar-refractivity contribution is 0.0918. The summed E-state index contributed by atoms with van der Waals surface area (Å²) in [6.45, 7) is 4.08. The van der Waals surface area contributed by atoms with E-state index < -0.39 is 0 Å². The lowest BCUT2D eigenvalue weighted by Crippen LogP contribution is -2.40. The molecule has 0 saturated heterocycles. The van der Waals surface area contributed by atoms with Crippen LogP contribution >= 0.6 is 22.9 Å². The maximum absolute atomic E-state index is 12.8. The number of thiazole rings is 1. The Balaban J connectivity index is 1.47. The smallest absolute Gasteiger partial charge is 0.263 e. The predicted molar refractivity (Wildman–Crippen MR) is 103 cm³/mol. The first-order chi connectivity index (χ1) is 12.0. The van der Waals surface area contributed by atoms with Gasteiger partial charge in [0.25, 0.3) is 5.91 Å². The lowest BCUT2D eigenvalue weighted by atomic mass is 9.84. The molecule has 2 fully saturated rings. The summed E-state index contributed by atoms with van der Waals surface area (Å²) >= 11 is 7.41. The molecule has 2 aromatic rings. The molecule has 2 aliphatic rings. The van der Waals surface area contributed by atoms with Gasteiger partial charge in [-0.2, -0.15) is 0 Å². The van der Waals surface area contributed by atoms with E-state index in [4.69, 9.17) is 11.6 Å². The Hall–Kier alpha value is -1.39. The second kappa shape index (κ2) is 6.73. The van der Waals surface area contributed by atoms with Crippen LogP contribution in [0.15, 0.2) is 24.3 Å². The van der Waals surface area contributed by atoms with E-state index in [1.165, 1.54) is 37.0 Å². The molecule has 1 heterocycles. The quantitative estimate of drug-likeness (QED) is 0.786. The van der Waals surface area contributed by atoms with Crippen LogP contribution in [0.1, 0.15) is 48.0 Å². The van der Waals surface area contributed by atoms with Crippen molar-refractivity contribution in [3.8, 4) is 10.6 Å². The van der Waals surface area contributed by atoms with E-state index in [2.05, 4.69) is 17.2 Å². The van der Waals surface area contributed by atoms with Gasteiger partial charge in [-0.05, 0) is 63.0 Å². The first kappa shape index (κ1) is 17.0.